The molecule has 0 spiro atoms. The molecule has 0 saturated carbocycles. The molecular formula is C12H20N4. The second-order valence-corrected chi connectivity index (χ2v) is 4.32. The number of hydrogen-bond acceptors (Lipinski definition) is 4. The van der Waals surface area contributed by atoms with Gasteiger partial charge >= 0.3 is 0 Å². The van der Waals surface area contributed by atoms with Crippen molar-refractivity contribution >= 4 is 5.82 Å². The van der Waals surface area contributed by atoms with Crippen molar-refractivity contribution in [1.29, 1.82) is 0 Å². The predicted molar refractivity (Wildman–Crippen MR) is 65.2 cm³/mol. The van der Waals surface area contributed by atoms with Crippen LogP contribution in [0.3, 0.4) is 0 Å². The van der Waals surface area contributed by atoms with Crippen LogP contribution in [0.25, 0.3) is 0 Å². The molecule has 1 aliphatic rings. The molecule has 88 valence electrons. The summed E-state index contributed by atoms with van der Waals surface area (Å²) in [5.41, 5.74) is 6.37. The van der Waals surface area contributed by atoms with Crippen molar-refractivity contribution in [3.63, 3.8) is 0 Å². The standard InChI is InChI=1S/C12H20N4/c13-8-11-9-15-12(10-14-11)16-6-4-2-1-3-5-7-16/h9-10H,1-8,13H2. The first-order valence-corrected chi connectivity index (χ1v) is 6.16. The average molecular weight is 220 g/mol. The van der Waals surface area contributed by atoms with Crippen LogP contribution >= 0.6 is 0 Å². The van der Waals surface area contributed by atoms with E-state index in [-0.39, 0.29) is 0 Å². The molecular weight excluding hydrogens is 200 g/mol. The van der Waals surface area contributed by atoms with Crippen molar-refractivity contribution < 1.29 is 0 Å². The maximum absolute atomic E-state index is 5.51. The largest absolute Gasteiger partial charge is 0.355 e. The van der Waals surface area contributed by atoms with Crippen LogP contribution in [-0.4, -0.2) is 23.1 Å². The molecule has 0 aliphatic carbocycles. The molecule has 0 aromatic carbocycles. The van der Waals surface area contributed by atoms with Gasteiger partial charge in [-0.1, -0.05) is 19.3 Å². The Labute approximate surface area is 96.9 Å². The van der Waals surface area contributed by atoms with Gasteiger partial charge in [-0.15, -0.1) is 0 Å². The minimum Gasteiger partial charge on any atom is -0.355 e. The molecule has 2 heterocycles. The highest BCUT2D eigenvalue weighted by Crippen LogP contribution is 2.16. The highest BCUT2D eigenvalue weighted by molar-refractivity contribution is 5.35. The Bertz CT molecular complexity index is 301. The zero-order chi connectivity index (χ0) is 11.2. The van der Waals surface area contributed by atoms with Crippen LogP contribution in [0.2, 0.25) is 0 Å². The summed E-state index contributed by atoms with van der Waals surface area (Å²) in [6, 6.07) is 0. The average Bonchev–Trinajstić information content (AvgIpc) is 2.29. The van der Waals surface area contributed by atoms with E-state index in [1.807, 2.05) is 6.20 Å². The summed E-state index contributed by atoms with van der Waals surface area (Å²) in [6.07, 6.45) is 10.2. The first-order chi connectivity index (χ1) is 7.90. The number of hydrogen-bond donors (Lipinski definition) is 1. The lowest BCUT2D eigenvalue weighted by Crippen LogP contribution is -2.28. The first-order valence-electron chi connectivity index (χ1n) is 6.16. The maximum atomic E-state index is 5.51. The summed E-state index contributed by atoms with van der Waals surface area (Å²) in [5, 5.41) is 0. The van der Waals surface area contributed by atoms with Crippen molar-refractivity contribution in [3.8, 4) is 0 Å². The van der Waals surface area contributed by atoms with E-state index in [4.69, 9.17) is 5.73 Å². The lowest BCUT2D eigenvalue weighted by molar-refractivity contribution is 0.553. The molecule has 2 N–H and O–H groups in total. The molecule has 0 amide bonds. The maximum Gasteiger partial charge on any atom is 0.147 e. The summed E-state index contributed by atoms with van der Waals surface area (Å²) >= 11 is 0. The quantitative estimate of drug-likeness (QED) is 0.824. The second-order valence-electron chi connectivity index (χ2n) is 4.32. The fraction of sp³-hybridized carbons (Fsp3) is 0.667. The van der Waals surface area contributed by atoms with Crippen LogP contribution in [0.15, 0.2) is 12.4 Å². The minimum atomic E-state index is 0.466. The number of nitrogens with two attached hydrogens (primary N) is 1. The Morgan fingerprint density at radius 3 is 2.25 bits per heavy atom. The molecule has 0 radical (unpaired) electrons. The Morgan fingerprint density at radius 2 is 1.69 bits per heavy atom. The van der Waals surface area contributed by atoms with Crippen LogP contribution in [-0.2, 0) is 6.54 Å². The molecule has 1 fully saturated rings. The molecule has 1 aromatic heterocycles. The normalized spacial score (nSPS) is 17.9. The highest BCUT2D eigenvalue weighted by Gasteiger charge is 2.10. The van der Waals surface area contributed by atoms with Crippen LogP contribution in [0.4, 0.5) is 5.82 Å². The van der Waals surface area contributed by atoms with Gasteiger partial charge in [0.15, 0.2) is 0 Å². The molecule has 0 unspecified atom stereocenters. The summed E-state index contributed by atoms with van der Waals surface area (Å²) in [7, 11) is 0. The van der Waals surface area contributed by atoms with Crippen LogP contribution < -0.4 is 10.6 Å². The molecule has 1 aromatic rings. The van der Waals surface area contributed by atoms with Crippen LogP contribution in [0.5, 0.6) is 0 Å². The summed E-state index contributed by atoms with van der Waals surface area (Å²) in [4.78, 5) is 11.1. The molecule has 1 aliphatic heterocycles. The van der Waals surface area contributed by atoms with Crippen molar-refractivity contribution in [2.45, 2.75) is 38.6 Å². The minimum absolute atomic E-state index is 0.466. The Kier molecular flexibility index (Phi) is 4.10. The third-order valence-electron chi connectivity index (χ3n) is 3.08. The van der Waals surface area contributed by atoms with E-state index in [1.54, 1.807) is 6.20 Å². The van der Waals surface area contributed by atoms with E-state index in [0.29, 0.717) is 6.54 Å². The second kappa shape index (κ2) is 5.80. The topological polar surface area (TPSA) is 55.0 Å². The number of rotatable bonds is 2. The van der Waals surface area contributed by atoms with E-state index in [9.17, 15) is 0 Å². The van der Waals surface area contributed by atoms with E-state index < -0.39 is 0 Å². The highest BCUT2D eigenvalue weighted by atomic mass is 15.2. The molecule has 16 heavy (non-hydrogen) atoms. The molecule has 0 atom stereocenters. The first kappa shape index (κ1) is 11.3. The summed E-state index contributed by atoms with van der Waals surface area (Å²) in [6.45, 7) is 2.68. The van der Waals surface area contributed by atoms with Gasteiger partial charge in [-0.2, -0.15) is 0 Å². The number of aromatic nitrogens is 2. The van der Waals surface area contributed by atoms with E-state index in [0.717, 1.165) is 24.6 Å². The smallest absolute Gasteiger partial charge is 0.147 e. The van der Waals surface area contributed by atoms with Crippen molar-refractivity contribution in [1.82, 2.24) is 9.97 Å². The van der Waals surface area contributed by atoms with Crippen molar-refractivity contribution in [2.75, 3.05) is 18.0 Å². The van der Waals surface area contributed by atoms with Crippen molar-refractivity contribution in [3.05, 3.63) is 18.1 Å². The summed E-state index contributed by atoms with van der Waals surface area (Å²) in [5.74, 6) is 0.999. The monoisotopic (exact) mass is 220 g/mol. The van der Waals surface area contributed by atoms with Gasteiger partial charge in [0.1, 0.15) is 5.82 Å². The van der Waals surface area contributed by atoms with Crippen molar-refractivity contribution in [2.24, 2.45) is 5.73 Å². The molecule has 2 rings (SSSR count). The SMILES string of the molecule is NCc1cnc(N2CCCCCCC2)cn1. The fourth-order valence-electron chi connectivity index (χ4n) is 2.09. The molecule has 0 bridgehead atoms. The molecule has 4 heteroatoms. The Morgan fingerprint density at radius 1 is 1.00 bits per heavy atom. The van der Waals surface area contributed by atoms with Gasteiger partial charge in [0, 0.05) is 19.6 Å². The lowest BCUT2D eigenvalue weighted by atomic mass is 10.1. The molecule has 1 saturated heterocycles. The van der Waals surface area contributed by atoms with E-state index >= 15 is 0 Å². The van der Waals surface area contributed by atoms with Gasteiger partial charge in [-0.3, -0.25) is 4.98 Å². The Balaban J connectivity index is 2.02. The number of nitrogens with zero attached hydrogens (tertiary/aromatic N) is 3. The Hall–Kier alpha value is -1.16. The fourth-order valence-corrected chi connectivity index (χ4v) is 2.09. The third-order valence-corrected chi connectivity index (χ3v) is 3.08. The van der Waals surface area contributed by atoms with Gasteiger partial charge in [0.05, 0.1) is 18.1 Å². The van der Waals surface area contributed by atoms with Gasteiger partial charge in [0.25, 0.3) is 0 Å². The molecule has 4 nitrogen and oxygen atoms in total. The lowest BCUT2D eigenvalue weighted by Gasteiger charge is -2.25. The van der Waals surface area contributed by atoms with E-state index in [1.165, 1.54) is 32.1 Å². The zero-order valence-electron chi connectivity index (χ0n) is 9.73. The zero-order valence-corrected chi connectivity index (χ0v) is 9.73. The van der Waals surface area contributed by atoms with Gasteiger partial charge in [-0.05, 0) is 12.8 Å². The van der Waals surface area contributed by atoms with Gasteiger partial charge in [0.2, 0.25) is 0 Å². The third kappa shape index (κ3) is 2.92. The van der Waals surface area contributed by atoms with Gasteiger partial charge in [-0.25, -0.2) is 4.98 Å². The van der Waals surface area contributed by atoms with Crippen LogP contribution in [0.1, 0.15) is 37.8 Å². The number of anilines is 1. The van der Waals surface area contributed by atoms with Gasteiger partial charge < -0.3 is 10.6 Å². The summed E-state index contributed by atoms with van der Waals surface area (Å²) < 4.78 is 0. The van der Waals surface area contributed by atoms with Crippen LogP contribution in [0, 0.1) is 0 Å². The predicted octanol–water partition coefficient (Wildman–Crippen LogP) is 1.71. The van der Waals surface area contributed by atoms with E-state index in [2.05, 4.69) is 14.9 Å².